The second kappa shape index (κ2) is 8.46. The summed E-state index contributed by atoms with van der Waals surface area (Å²) in [6, 6.07) is 2.14. The molecule has 2 fully saturated rings. The van der Waals surface area contributed by atoms with E-state index < -0.39 is 11.7 Å². The van der Waals surface area contributed by atoms with E-state index in [1.165, 1.54) is 19.4 Å². The molecule has 4 rings (SSSR count). The van der Waals surface area contributed by atoms with Gasteiger partial charge in [0.25, 0.3) is 0 Å². The van der Waals surface area contributed by atoms with Crippen LogP contribution < -0.4 is 10.6 Å². The molecule has 0 atom stereocenters. The molecule has 0 spiro atoms. The highest BCUT2D eigenvalue weighted by atomic mass is 19.4. The van der Waals surface area contributed by atoms with Gasteiger partial charge in [-0.25, -0.2) is 4.52 Å². The monoisotopic (exact) mass is 438 g/mol. The lowest BCUT2D eigenvalue weighted by Crippen LogP contribution is -2.52. The van der Waals surface area contributed by atoms with Crippen molar-refractivity contribution in [1.82, 2.24) is 14.5 Å². The van der Waals surface area contributed by atoms with E-state index in [0.717, 1.165) is 49.9 Å². The van der Waals surface area contributed by atoms with Crippen molar-refractivity contribution in [2.45, 2.75) is 38.0 Å². The molecule has 0 saturated carbocycles. The number of rotatable bonds is 5. The smallest absolute Gasteiger partial charge is 0.420 e. The molecule has 0 bridgehead atoms. The second-order valence-corrected chi connectivity index (χ2v) is 7.80. The van der Waals surface area contributed by atoms with Crippen molar-refractivity contribution in [3.63, 3.8) is 0 Å². The zero-order chi connectivity index (χ0) is 22.2. The van der Waals surface area contributed by atoms with Crippen LogP contribution in [0.25, 0.3) is 5.52 Å². The van der Waals surface area contributed by atoms with Crippen LogP contribution >= 0.6 is 0 Å². The van der Waals surface area contributed by atoms with Gasteiger partial charge in [0, 0.05) is 24.8 Å². The minimum atomic E-state index is -4.54. The first kappa shape index (κ1) is 21.6. The normalized spacial score (nSPS) is 20.3. The zero-order valence-electron chi connectivity index (χ0n) is 17.4. The summed E-state index contributed by atoms with van der Waals surface area (Å²) in [5.41, 5.74) is 0.471. The van der Waals surface area contributed by atoms with Crippen LogP contribution in [0, 0.1) is 0 Å². The third kappa shape index (κ3) is 4.24. The molecule has 168 valence electrons. The molecule has 2 aromatic heterocycles. The van der Waals surface area contributed by atoms with Crippen LogP contribution in [0.3, 0.4) is 0 Å². The topological polar surface area (TPSA) is 89.7 Å². The lowest BCUT2D eigenvalue weighted by molar-refractivity contribution is -0.136. The number of fused-ring (bicyclic) bond motifs is 1. The predicted octanol–water partition coefficient (Wildman–Crippen LogP) is 2.35. The maximum absolute atomic E-state index is 13.3. The summed E-state index contributed by atoms with van der Waals surface area (Å²) < 4.78 is 51.5. The predicted molar refractivity (Wildman–Crippen MR) is 110 cm³/mol. The second-order valence-electron chi connectivity index (χ2n) is 7.80. The van der Waals surface area contributed by atoms with Crippen molar-refractivity contribution in [3.05, 3.63) is 29.6 Å². The van der Waals surface area contributed by atoms with E-state index >= 15 is 0 Å². The van der Waals surface area contributed by atoms with Crippen LogP contribution in [0.1, 0.15) is 30.9 Å². The Bertz CT molecular complexity index is 1000. The van der Waals surface area contributed by atoms with Gasteiger partial charge >= 0.3 is 6.18 Å². The summed E-state index contributed by atoms with van der Waals surface area (Å²) in [6.07, 6.45) is -0.469. The summed E-state index contributed by atoms with van der Waals surface area (Å²) in [5.74, 6) is 5.68. The third-order valence-electron chi connectivity index (χ3n) is 5.86. The van der Waals surface area contributed by atoms with E-state index in [1.54, 1.807) is 6.92 Å². The van der Waals surface area contributed by atoms with E-state index in [2.05, 4.69) is 15.1 Å². The Morgan fingerprint density at radius 1 is 1.29 bits per heavy atom. The highest BCUT2D eigenvalue weighted by Gasteiger charge is 2.36. The van der Waals surface area contributed by atoms with Crippen LogP contribution in [0.2, 0.25) is 0 Å². The number of halogens is 3. The van der Waals surface area contributed by atoms with Gasteiger partial charge in [-0.3, -0.25) is 9.89 Å². The van der Waals surface area contributed by atoms with Gasteiger partial charge in [-0.15, -0.1) is 0 Å². The van der Waals surface area contributed by atoms with E-state index in [4.69, 9.17) is 20.3 Å². The van der Waals surface area contributed by atoms with Crippen LogP contribution in [-0.2, 0) is 10.9 Å². The van der Waals surface area contributed by atoms with Gasteiger partial charge in [0.05, 0.1) is 44.3 Å². The van der Waals surface area contributed by atoms with E-state index in [0.29, 0.717) is 23.0 Å². The van der Waals surface area contributed by atoms with Crippen molar-refractivity contribution in [2.75, 3.05) is 33.4 Å². The van der Waals surface area contributed by atoms with Crippen molar-refractivity contribution < 1.29 is 22.6 Å². The number of aliphatic imine (C=N–C) groups is 1. The van der Waals surface area contributed by atoms with E-state index in [-0.39, 0.29) is 17.3 Å². The Balaban J connectivity index is 1.58. The van der Waals surface area contributed by atoms with Crippen LogP contribution in [0.5, 0.6) is 5.75 Å². The van der Waals surface area contributed by atoms with Gasteiger partial charge in [-0.1, -0.05) is 0 Å². The van der Waals surface area contributed by atoms with Crippen molar-refractivity contribution in [1.29, 1.82) is 0 Å². The molecule has 11 heteroatoms. The third-order valence-corrected chi connectivity index (χ3v) is 5.86. The maximum atomic E-state index is 13.3. The molecule has 2 aromatic rings. The Labute approximate surface area is 177 Å². The number of hydrazone groups is 1. The number of methoxy groups -OCH3 is 1. The number of hydrogen-bond acceptors (Lipinski definition) is 7. The standard InChI is InChI=1S/C20H25F3N6O2/c1-12(26-14-3-5-28(6-4-14)15-10-31-11-15)18(27-24)13-7-17(30-2)19-16(20(21,22)23)8-25-29(19)9-13/h7-9,14-15H,3-6,10-11,24H2,1-2H3/b26-12?,27-18+. The number of ether oxygens (including phenoxy) is 2. The van der Waals surface area contributed by atoms with Gasteiger partial charge in [0.2, 0.25) is 0 Å². The van der Waals surface area contributed by atoms with E-state index in [9.17, 15) is 13.2 Å². The van der Waals surface area contributed by atoms with Crippen molar-refractivity contribution in [3.8, 4) is 5.75 Å². The Hall–Kier alpha value is -2.66. The Morgan fingerprint density at radius 3 is 2.55 bits per heavy atom. The molecule has 0 radical (unpaired) electrons. The van der Waals surface area contributed by atoms with Crippen molar-refractivity contribution in [2.24, 2.45) is 15.9 Å². The highest BCUT2D eigenvalue weighted by molar-refractivity contribution is 6.47. The molecule has 8 nitrogen and oxygen atoms in total. The average molecular weight is 438 g/mol. The molecular weight excluding hydrogens is 413 g/mol. The SMILES string of the molecule is COc1cc(/C(=N/N)C(C)=NC2CCN(C3COC3)CC2)cn2ncc(C(F)(F)F)c12. The fraction of sp³-hybridized carbons (Fsp3) is 0.550. The molecular formula is C20H25F3N6O2. The lowest BCUT2D eigenvalue weighted by atomic mass is 10.0. The number of alkyl halides is 3. The molecule has 2 saturated heterocycles. The molecule has 0 aliphatic carbocycles. The number of aromatic nitrogens is 2. The van der Waals surface area contributed by atoms with Crippen LogP contribution in [0.15, 0.2) is 28.6 Å². The Kier molecular flexibility index (Phi) is 5.89. The van der Waals surface area contributed by atoms with Crippen molar-refractivity contribution >= 4 is 16.9 Å². The van der Waals surface area contributed by atoms with Gasteiger partial charge in [-0.2, -0.15) is 23.4 Å². The summed E-state index contributed by atoms with van der Waals surface area (Å²) >= 11 is 0. The molecule has 0 unspecified atom stereocenters. The summed E-state index contributed by atoms with van der Waals surface area (Å²) in [7, 11) is 1.31. The first-order valence-electron chi connectivity index (χ1n) is 10.1. The molecule has 31 heavy (non-hydrogen) atoms. The molecule has 4 heterocycles. The quantitative estimate of drug-likeness (QED) is 0.440. The van der Waals surface area contributed by atoms with Crippen LogP contribution in [-0.4, -0.2) is 71.4 Å². The van der Waals surface area contributed by atoms with E-state index in [1.807, 2.05) is 0 Å². The Morgan fingerprint density at radius 2 is 2.00 bits per heavy atom. The molecule has 0 aromatic carbocycles. The first-order chi connectivity index (χ1) is 14.8. The minimum absolute atomic E-state index is 0.0345. The zero-order valence-corrected chi connectivity index (χ0v) is 17.4. The maximum Gasteiger partial charge on any atom is 0.420 e. The number of nitrogens with two attached hydrogens (primary N) is 1. The van der Waals surface area contributed by atoms with Gasteiger partial charge in [-0.05, 0) is 25.8 Å². The highest BCUT2D eigenvalue weighted by Crippen LogP contribution is 2.36. The lowest BCUT2D eigenvalue weighted by Gasteiger charge is -2.40. The largest absolute Gasteiger partial charge is 0.494 e. The van der Waals surface area contributed by atoms with Gasteiger partial charge < -0.3 is 15.3 Å². The van der Waals surface area contributed by atoms with Gasteiger partial charge in [0.15, 0.2) is 0 Å². The minimum Gasteiger partial charge on any atom is -0.494 e. The fourth-order valence-electron chi connectivity index (χ4n) is 4.10. The average Bonchev–Trinajstić information content (AvgIpc) is 3.12. The molecule has 2 aliphatic heterocycles. The number of likely N-dealkylation sites (tertiary alicyclic amines) is 1. The summed E-state index contributed by atoms with van der Waals surface area (Å²) in [6.45, 7) is 5.31. The molecule has 2 N–H and O–H groups in total. The number of nitrogens with zero attached hydrogens (tertiary/aromatic N) is 5. The number of piperidine rings is 1. The van der Waals surface area contributed by atoms with Gasteiger partial charge in [0.1, 0.15) is 22.5 Å². The van der Waals surface area contributed by atoms with Crippen LogP contribution in [0.4, 0.5) is 13.2 Å². The summed E-state index contributed by atoms with van der Waals surface area (Å²) in [4.78, 5) is 7.23. The summed E-state index contributed by atoms with van der Waals surface area (Å²) in [5, 5.41) is 7.72. The molecule has 2 aliphatic rings. The number of hydrogen-bond donors (Lipinski definition) is 1. The first-order valence-corrected chi connectivity index (χ1v) is 10.1. The number of pyridine rings is 1. The molecule has 0 amide bonds. The fourth-order valence-corrected chi connectivity index (χ4v) is 4.10.